The van der Waals surface area contributed by atoms with Crippen LogP contribution in [0.5, 0.6) is 0 Å². The van der Waals surface area contributed by atoms with Gasteiger partial charge in [0.25, 0.3) is 5.91 Å². The van der Waals surface area contributed by atoms with E-state index in [0.717, 1.165) is 18.5 Å². The van der Waals surface area contributed by atoms with Crippen molar-refractivity contribution >= 4 is 40.3 Å². The summed E-state index contributed by atoms with van der Waals surface area (Å²) in [6, 6.07) is 10.3. The number of carbonyl (C=O) groups is 3. The Morgan fingerprint density at radius 3 is 2.00 bits per heavy atom. The SMILES string of the molecule is CC(=O)c1ccc(C(=O)Nc2ccc(NC(=O)C3CC3)cc2)s1. The molecule has 0 unspecified atom stereocenters. The van der Waals surface area contributed by atoms with E-state index in [1.54, 1.807) is 36.4 Å². The second-order valence-electron chi connectivity index (χ2n) is 5.52. The maximum Gasteiger partial charge on any atom is 0.265 e. The number of hydrogen-bond acceptors (Lipinski definition) is 4. The molecular weight excluding hydrogens is 312 g/mol. The van der Waals surface area contributed by atoms with Gasteiger partial charge in [-0.25, -0.2) is 0 Å². The molecule has 1 fully saturated rings. The number of thiophene rings is 1. The lowest BCUT2D eigenvalue weighted by atomic mass is 10.2. The van der Waals surface area contributed by atoms with Crippen molar-refractivity contribution in [3.63, 3.8) is 0 Å². The van der Waals surface area contributed by atoms with Crippen LogP contribution in [-0.4, -0.2) is 17.6 Å². The lowest BCUT2D eigenvalue weighted by Crippen LogP contribution is -2.13. The molecule has 0 aliphatic heterocycles. The van der Waals surface area contributed by atoms with Gasteiger partial charge in [0.1, 0.15) is 0 Å². The normalized spacial score (nSPS) is 13.4. The molecule has 1 aliphatic carbocycles. The highest BCUT2D eigenvalue weighted by atomic mass is 32.1. The first-order valence-corrected chi connectivity index (χ1v) is 8.17. The predicted molar refractivity (Wildman–Crippen MR) is 90.1 cm³/mol. The fourth-order valence-electron chi connectivity index (χ4n) is 2.07. The number of carbonyl (C=O) groups excluding carboxylic acids is 3. The van der Waals surface area contributed by atoms with Crippen LogP contribution in [0, 0.1) is 5.92 Å². The Hall–Kier alpha value is -2.47. The van der Waals surface area contributed by atoms with Gasteiger partial charge >= 0.3 is 0 Å². The van der Waals surface area contributed by atoms with Crippen LogP contribution < -0.4 is 10.6 Å². The molecule has 1 aromatic heterocycles. The molecule has 0 bridgehead atoms. The van der Waals surface area contributed by atoms with Gasteiger partial charge in [-0.1, -0.05) is 0 Å². The zero-order valence-electron chi connectivity index (χ0n) is 12.6. The van der Waals surface area contributed by atoms with E-state index >= 15 is 0 Å². The fraction of sp³-hybridized carbons (Fsp3) is 0.235. The first-order valence-electron chi connectivity index (χ1n) is 7.36. The third-order valence-corrected chi connectivity index (χ3v) is 4.72. The molecule has 1 saturated carbocycles. The molecule has 1 aliphatic rings. The van der Waals surface area contributed by atoms with Gasteiger partial charge in [0.2, 0.25) is 5.91 Å². The van der Waals surface area contributed by atoms with Gasteiger partial charge in [0.15, 0.2) is 5.78 Å². The fourth-order valence-corrected chi connectivity index (χ4v) is 2.87. The van der Waals surface area contributed by atoms with Crippen molar-refractivity contribution in [3.05, 3.63) is 46.2 Å². The summed E-state index contributed by atoms with van der Waals surface area (Å²) in [6.45, 7) is 1.47. The van der Waals surface area contributed by atoms with Crippen molar-refractivity contribution in [1.82, 2.24) is 0 Å². The van der Waals surface area contributed by atoms with Gasteiger partial charge in [0.05, 0.1) is 9.75 Å². The summed E-state index contributed by atoms with van der Waals surface area (Å²) in [5.74, 6) is -0.0945. The molecule has 1 heterocycles. The molecule has 0 spiro atoms. The number of nitrogens with one attached hydrogen (secondary N) is 2. The van der Waals surface area contributed by atoms with E-state index in [1.807, 2.05) is 0 Å². The number of rotatable bonds is 5. The van der Waals surface area contributed by atoms with Crippen LogP contribution in [0.1, 0.15) is 39.1 Å². The first-order chi connectivity index (χ1) is 11.0. The van der Waals surface area contributed by atoms with Gasteiger partial charge in [0, 0.05) is 17.3 Å². The zero-order chi connectivity index (χ0) is 16.4. The minimum Gasteiger partial charge on any atom is -0.326 e. The van der Waals surface area contributed by atoms with Crippen LogP contribution >= 0.6 is 11.3 Å². The summed E-state index contributed by atoms with van der Waals surface area (Å²) in [6.07, 6.45) is 1.92. The Kier molecular flexibility index (Phi) is 4.25. The molecule has 0 radical (unpaired) electrons. The maximum atomic E-state index is 12.1. The molecule has 6 heteroatoms. The molecule has 3 rings (SSSR count). The van der Waals surface area contributed by atoms with Crippen molar-refractivity contribution in [1.29, 1.82) is 0 Å². The molecule has 0 atom stereocenters. The summed E-state index contributed by atoms with van der Waals surface area (Å²) < 4.78 is 0. The van der Waals surface area contributed by atoms with E-state index in [4.69, 9.17) is 0 Å². The Morgan fingerprint density at radius 2 is 1.48 bits per heavy atom. The monoisotopic (exact) mass is 328 g/mol. The van der Waals surface area contributed by atoms with Crippen LogP contribution in [0.4, 0.5) is 11.4 Å². The molecular formula is C17H16N2O3S. The van der Waals surface area contributed by atoms with Crippen molar-refractivity contribution in [2.75, 3.05) is 10.6 Å². The average molecular weight is 328 g/mol. The minimum atomic E-state index is -0.253. The van der Waals surface area contributed by atoms with Crippen LogP contribution in [0.15, 0.2) is 36.4 Å². The Morgan fingerprint density at radius 1 is 0.913 bits per heavy atom. The summed E-state index contributed by atoms with van der Waals surface area (Å²) in [7, 11) is 0. The van der Waals surface area contributed by atoms with E-state index in [2.05, 4.69) is 10.6 Å². The van der Waals surface area contributed by atoms with Gasteiger partial charge in [-0.3, -0.25) is 14.4 Å². The third kappa shape index (κ3) is 3.84. The topological polar surface area (TPSA) is 75.3 Å². The highest BCUT2D eigenvalue weighted by molar-refractivity contribution is 7.16. The van der Waals surface area contributed by atoms with Crippen molar-refractivity contribution in [2.24, 2.45) is 5.92 Å². The van der Waals surface area contributed by atoms with E-state index < -0.39 is 0 Å². The number of hydrogen-bond donors (Lipinski definition) is 2. The summed E-state index contributed by atoms with van der Waals surface area (Å²) >= 11 is 1.17. The zero-order valence-corrected chi connectivity index (χ0v) is 13.4. The Labute approximate surface area is 137 Å². The smallest absolute Gasteiger partial charge is 0.265 e. The van der Waals surface area contributed by atoms with E-state index in [0.29, 0.717) is 15.4 Å². The van der Waals surface area contributed by atoms with Crippen LogP contribution in [-0.2, 0) is 4.79 Å². The lowest BCUT2D eigenvalue weighted by molar-refractivity contribution is -0.117. The van der Waals surface area contributed by atoms with Crippen LogP contribution in [0.25, 0.3) is 0 Å². The standard InChI is InChI=1S/C17H16N2O3S/c1-10(20)14-8-9-15(23-14)17(22)19-13-6-4-12(5-7-13)18-16(21)11-2-3-11/h4-9,11H,2-3H2,1H3,(H,18,21)(H,19,22). The summed E-state index contributed by atoms with van der Waals surface area (Å²) in [5.41, 5.74) is 1.35. The minimum absolute atomic E-state index is 0.0511. The highest BCUT2D eigenvalue weighted by Gasteiger charge is 2.29. The molecule has 118 valence electrons. The van der Waals surface area contributed by atoms with Gasteiger partial charge in [-0.15, -0.1) is 11.3 Å². The third-order valence-electron chi connectivity index (χ3n) is 3.54. The number of anilines is 2. The van der Waals surface area contributed by atoms with Crippen molar-refractivity contribution < 1.29 is 14.4 Å². The highest BCUT2D eigenvalue weighted by Crippen LogP contribution is 2.30. The Balaban J connectivity index is 1.61. The number of Topliss-reactive ketones (excluding diaryl/α,β-unsaturated/α-hetero) is 1. The molecule has 2 N–H and O–H groups in total. The number of amides is 2. The molecule has 2 aromatic rings. The van der Waals surface area contributed by atoms with Gasteiger partial charge in [-0.2, -0.15) is 0 Å². The predicted octanol–water partition coefficient (Wildman–Crippen LogP) is 3.55. The number of benzene rings is 1. The summed E-state index contributed by atoms with van der Waals surface area (Å²) in [4.78, 5) is 36.1. The molecule has 5 nitrogen and oxygen atoms in total. The van der Waals surface area contributed by atoms with E-state index in [9.17, 15) is 14.4 Å². The first kappa shape index (κ1) is 15.4. The van der Waals surface area contributed by atoms with Crippen molar-refractivity contribution in [2.45, 2.75) is 19.8 Å². The lowest BCUT2D eigenvalue weighted by Gasteiger charge is -2.07. The van der Waals surface area contributed by atoms with Gasteiger partial charge in [-0.05, 0) is 56.2 Å². The van der Waals surface area contributed by atoms with Gasteiger partial charge < -0.3 is 10.6 Å². The maximum absolute atomic E-state index is 12.1. The van der Waals surface area contributed by atoms with E-state index in [-0.39, 0.29) is 23.5 Å². The molecule has 2 amide bonds. The Bertz CT molecular complexity index is 760. The molecule has 0 saturated heterocycles. The second kappa shape index (κ2) is 6.34. The summed E-state index contributed by atoms with van der Waals surface area (Å²) in [5, 5.41) is 5.62. The largest absolute Gasteiger partial charge is 0.326 e. The average Bonchev–Trinajstić information content (AvgIpc) is 3.25. The molecule has 1 aromatic carbocycles. The van der Waals surface area contributed by atoms with Crippen LogP contribution in [0.2, 0.25) is 0 Å². The number of ketones is 1. The van der Waals surface area contributed by atoms with Crippen molar-refractivity contribution in [3.8, 4) is 0 Å². The van der Waals surface area contributed by atoms with Crippen LogP contribution in [0.3, 0.4) is 0 Å². The van der Waals surface area contributed by atoms with E-state index in [1.165, 1.54) is 18.3 Å². The quantitative estimate of drug-likeness (QED) is 0.824. The second-order valence-corrected chi connectivity index (χ2v) is 6.60. The molecule has 23 heavy (non-hydrogen) atoms.